The van der Waals surface area contributed by atoms with E-state index in [9.17, 15) is 9.90 Å². The fraction of sp³-hybridized carbons (Fsp3) is 0.267. The molecule has 1 aromatic heterocycles. The number of phenolic OH excluding ortho intramolecular Hbond substituents is 1. The van der Waals surface area contributed by atoms with Crippen molar-refractivity contribution in [2.75, 3.05) is 20.6 Å². The van der Waals surface area contributed by atoms with Crippen molar-refractivity contribution in [2.24, 2.45) is 0 Å². The number of hydrogen-bond acceptors (Lipinski definition) is 4. The average molecular weight is 325 g/mol. The maximum absolute atomic E-state index is 12.2. The van der Waals surface area contributed by atoms with Gasteiger partial charge in [-0.2, -0.15) is 11.3 Å². The first-order chi connectivity index (χ1) is 9.99. The molecule has 0 fully saturated rings. The Morgan fingerprint density at radius 1 is 1.43 bits per heavy atom. The Balaban J connectivity index is 2.07. The van der Waals surface area contributed by atoms with Crippen LogP contribution in [0.5, 0.6) is 5.75 Å². The van der Waals surface area contributed by atoms with Gasteiger partial charge in [0.15, 0.2) is 0 Å². The Hall–Kier alpha value is -1.56. The van der Waals surface area contributed by atoms with E-state index in [0.717, 1.165) is 5.56 Å². The fourth-order valence-electron chi connectivity index (χ4n) is 2.04. The number of thiophene rings is 1. The van der Waals surface area contributed by atoms with E-state index < -0.39 is 0 Å². The minimum Gasteiger partial charge on any atom is -0.507 e. The Kier molecular flexibility index (Phi) is 5.22. The smallest absolute Gasteiger partial charge is 0.255 e. The molecule has 1 atom stereocenters. The summed E-state index contributed by atoms with van der Waals surface area (Å²) in [6, 6.07) is 6.54. The lowest BCUT2D eigenvalue weighted by Crippen LogP contribution is -2.34. The molecule has 2 rings (SSSR count). The number of nitrogens with zero attached hydrogens (tertiary/aromatic N) is 1. The molecule has 21 heavy (non-hydrogen) atoms. The quantitative estimate of drug-likeness (QED) is 0.888. The van der Waals surface area contributed by atoms with E-state index in [0.29, 0.717) is 11.6 Å². The van der Waals surface area contributed by atoms with Crippen molar-refractivity contribution in [1.29, 1.82) is 0 Å². The minimum absolute atomic E-state index is 0.0752. The van der Waals surface area contributed by atoms with Gasteiger partial charge in [0.1, 0.15) is 5.75 Å². The molecule has 1 amide bonds. The van der Waals surface area contributed by atoms with E-state index in [2.05, 4.69) is 10.7 Å². The van der Waals surface area contributed by atoms with Crippen LogP contribution >= 0.6 is 22.9 Å². The summed E-state index contributed by atoms with van der Waals surface area (Å²) in [6.07, 6.45) is 0. The number of carbonyl (C=O) groups excluding carboxylic acids is 1. The van der Waals surface area contributed by atoms with Gasteiger partial charge < -0.3 is 15.3 Å². The van der Waals surface area contributed by atoms with Crippen molar-refractivity contribution in [3.8, 4) is 5.75 Å². The summed E-state index contributed by atoms with van der Waals surface area (Å²) in [7, 11) is 3.93. The molecule has 1 unspecified atom stereocenters. The van der Waals surface area contributed by atoms with Gasteiger partial charge in [-0.1, -0.05) is 11.6 Å². The van der Waals surface area contributed by atoms with E-state index in [4.69, 9.17) is 11.6 Å². The number of nitrogens with one attached hydrogen (secondary N) is 1. The Bertz CT molecular complexity index is 614. The molecule has 0 aliphatic carbocycles. The first-order valence-corrected chi connectivity index (χ1v) is 7.76. The number of amides is 1. The lowest BCUT2D eigenvalue weighted by Gasteiger charge is -2.24. The van der Waals surface area contributed by atoms with Crippen molar-refractivity contribution in [3.05, 3.63) is 51.2 Å². The van der Waals surface area contributed by atoms with Crippen molar-refractivity contribution >= 4 is 28.8 Å². The van der Waals surface area contributed by atoms with Crippen LogP contribution in [0.25, 0.3) is 0 Å². The highest BCUT2D eigenvalue weighted by Crippen LogP contribution is 2.23. The number of hydrogen-bond donors (Lipinski definition) is 2. The molecule has 112 valence electrons. The van der Waals surface area contributed by atoms with Crippen molar-refractivity contribution in [1.82, 2.24) is 10.2 Å². The number of likely N-dealkylation sites (N-methyl/N-ethyl adjacent to an activating group) is 1. The molecule has 6 heteroatoms. The summed E-state index contributed by atoms with van der Waals surface area (Å²) >= 11 is 7.48. The predicted molar refractivity (Wildman–Crippen MR) is 86.2 cm³/mol. The van der Waals surface area contributed by atoms with E-state index in [-0.39, 0.29) is 23.3 Å². The zero-order valence-corrected chi connectivity index (χ0v) is 13.4. The highest BCUT2D eigenvalue weighted by Gasteiger charge is 2.17. The monoisotopic (exact) mass is 324 g/mol. The van der Waals surface area contributed by atoms with Crippen molar-refractivity contribution < 1.29 is 9.90 Å². The van der Waals surface area contributed by atoms with E-state index >= 15 is 0 Å². The second-order valence-electron chi connectivity index (χ2n) is 4.91. The Morgan fingerprint density at radius 3 is 2.81 bits per heavy atom. The van der Waals surface area contributed by atoms with Crippen LogP contribution in [0.4, 0.5) is 0 Å². The number of benzene rings is 1. The maximum Gasteiger partial charge on any atom is 0.255 e. The van der Waals surface area contributed by atoms with Gasteiger partial charge in [-0.3, -0.25) is 4.79 Å². The zero-order valence-electron chi connectivity index (χ0n) is 11.8. The molecule has 0 saturated heterocycles. The van der Waals surface area contributed by atoms with Gasteiger partial charge in [-0.05, 0) is 54.7 Å². The average Bonchev–Trinajstić information content (AvgIpc) is 2.95. The number of phenols is 1. The van der Waals surface area contributed by atoms with Crippen LogP contribution in [0.15, 0.2) is 35.0 Å². The highest BCUT2D eigenvalue weighted by molar-refractivity contribution is 7.07. The van der Waals surface area contributed by atoms with Crippen molar-refractivity contribution in [3.63, 3.8) is 0 Å². The Morgan fingerprint density at radius 2 is 2.19 bits per heavy atom. The molecule has 0 spiro atoms. The van der Waals surface area contributed by atoms with Gasteiger partial charge in [-0.15, -0.1) is 0 Å². The standard InChI is InChI=1S/C15H17ClN2O2S/c1-18(2)13(10-5-6-21-9-10)8-17-15(20)12-7-11(16)3-4-14(12)19/h3-7,9,13,19H,8H2,1-2H3,(H,17,20). The molecule has 1 heterocycles. The second-order valence-corrected chi connectivity index (χ2v) is 6.12. The van der Waals surface area contributed by atoms with Crippen molar-refractivity contribution in [2.45, 2.75) is 6.04 Å². The van der Waals surface area contributed by atoms with Gasteiger partial charge in [0, 0.05) is 11.6 Å². The normalized spacial score (nSPS) is 12.4. The molecule has 0 saturated carbocycles. The third-order valence-corrected chi connectivity index (χ3v) is 4.15. The highest BCUT2D eigenvalue weighted by atomic mass is 35.5. The predicted octanol–water partition coefficient (Wildman–Crippen LogP) is 3.14. The maximum atomic E-state index is 12.2. The number of rotatable bonds is 5. The second kappa shape index (κ2) is 6.93. The molecule has 0 radical (unpaired) electrons. The number of carbonyl (C=O) groups is 1. The summed E-state index contributed by atoms with van der Waals surface area (Å²) in [5.74, 6) is -0.411. The van der Waals surface area contributed by atoms with Crippen LogP contribution in [0, 0.1) is 0 Å². The number of aromatic hydroxyl groups is 1. The lowest BCUT2D eigenvalue weighted by atomic mass is 10.1. The van der Waals surface area contributed by atoms with E-state index in [1.165, 1.54) is 12.1 Å². The van der Waals surface area contributed by atoms with Gasteiger partial charge in [0.25, 0.3) is 5.91 Å². The fourth-order valence-corrected chi connectivity index (χ4v) is 2.92. The largest absolute Gasteiger partial charge is 0.507 e. The summed E-state index contributed by atoms with van der Waals surface area (Å²) in [5.41, 5.74) is 1.34. The number of halogens is 1. The molecule has 1 aromatic carbocycles. The topological polar surface area (TPSA) is 52.6 Å². The van der Waals surface area contributed by atoms with Crippen LogP contribution in [0.1, 0.15) is 22.0 Å². The minimum atomic E-state index is -0.336. The van der Waals surface area contributed by atoms with E-state index in [1.807, 2.05) is 30.4 Å². The summed E-state index contributed by atoms with van der Waals surface area (Å²) in [5, 5.41) is 17.1. The molecule has 4 nitrogen and oxygen atoms in total. The molecular weight excluding hydrogens is 308 g/mol. The third kappa shape index (κ3) is 3.97. The van der Waals surface area contributed by atoms with Gasteiger partial charge in [0.2, 0.25) is 0 Å². The zero-order chi connectivity index (χ0) is 15.4. The summed E-state index contributed by atoms with van der Waals surface area (Å²) in [6.45, 7) is 0.453. The van der Waals surface area contributed by atoms with Crippen LogP contribution in [0.2, 0.25) is 5.02 Å². The summed E-state index contributed by atoms with van der Waals surface area (Å²) < 4.78 is 0. The molecule has 0 aliphatic heterocycles. The SMILES string of the molecule is CN(C)C(CNC(=O)c1cc(Cl)ccc1O)c1ccsc1. The Labute approximate surface area is 133 Å². The molecule has 2 aromatic rings. The van der Waals surface area contributed by atoms with Gasteiger partial charge >= 0.3 is 0 Å². The van der Waals surface area contributed by atoms with Gasteiger partial charge in [0.05, 0.1) is 11.6 Å². The lowest BCUT2D eigenvalue weighted by molar-refractivity contribution is 0.0939. The third-order valence-electron chi connectivity index (χ3n) is 3.21. The molecule has 2 N–H and O–H groups in total. The first-order valence-electron chi connectivity index (χ1n) is 6.44. The van der Waals surface area contributed by atoms with Crippen LogP contribution in [-0.2, 0) is 0 Å². The van der Waals surface area contributed by atoms with Crippen LogP contribution in [0.3, 0.4) is 0 Å². The van der Waals surface area contributed by atoms with E-state index in [1.54, 1.807) is 17.4 Å². The molecule has 0 aliphatic rings. The van der Waals surface area contributed by atoms with Gasteiger partial charge in [-0.25, -0.2) is 0 Å². The molecular formula is C15H17ClN2O2S. The molecule has 0 bridgehead atoms. The van der Waals surface area contributed by atoms with Crippen LogP contribution in [-0.4, -0.2) is 36.6 Å². The first kappa shape index (κ1) is 15.8. The summed E-state index contributed by atoms with van der Waals surface area (Å²) in [4.78, 5) is 14.2. The van der Waals surface area contributed by atoms with Crippen LogP contribution < -0.4 is 5.32 Å².